The third-order valence-corrected chi connectivity index (χ3v) is 5.21. The van der Waals surface area contributed by atoms with Gasteiger partial charge in [0.15, 0.2) is 6.61 Å². The van der Waals surface area contributed by atoms with Crippen molar-refractivity contribution in [2.45, 2.75) is 25.7 Å². The van der Waals surface area contributed by atoms with Gasteiger partial charge in [0.1, 0.15) is 5.75 Å². The molecular weight excluding hydrogens is 354 g/mol. The molecule has 28 heavy (non-hydrogen) atoms. The van der Waals surface area contributed by atoms with Crippen LogP contribution in [-0.4, -0.2) is 38.1 Å². The standard InChI is InChI=1S/C22H25N3O3/c26-21(23-17-5-7-18(8-6-17)24-13-1-2-14-24)16-28-20-11-9-19(10-12-20)25-15-3-4-22(25)27/h5-12H,1-4,13-16H2,(H,23,26). The van der Waals surface area contributed by atoms with Gasteiger partial charge in [-0.1, -0.05) is 0 Å². The SMILES string of the molecule is O=C(COc1ccc(N2CCCC2=O)cc1)Nc1ccc(N2CCCC2)cc1. The highest BCUT2D eigenvalue weighted by Crippen LogP contribution is 2.24. The minimum absolute atomic E-state index is 0.0597. The second kappa shape index (κ2) is 8.33. The number of carbonyl (C=O) groups excluding carboxylic acids is 2. The average Bonchev–Trinajstić information content (AvgIpc) is 3.39. The summed E-state index contributed by atoms with van der Waals surface area (Å²) in [6, 6.07) is 15.2. The van der Waals surface area contributed by atoms with Gasteiger partial charge in [-0.2, -0.15) is 0 Å². The molecule has 2 saturated heterocycles. The summed E-state index contributed by atoms with van der Waals surface area (Å²) in [5, 5.41) is 2.86. The maximum atomic E-state index is 12.1. The molecule has 0 unspecified atom stereocenters. The number of ether oxygens (including phenoxy) is 1. The Hall–Kier alpha value is -3.02. The molecule has 0 saturated carbocycles. The van der Waals surface area contributed by atoms with Gasteiger partial charge in [-0.05, 0) is 67.8 Å². The van der Waals surface area contributed by atoms with E-state index in [1.165, 1.54) is 18.5 Å². The highest BCUT2D eigenvalue weighted by Gasteiger charge is 2.21. The van der Waals surface area contributed by atoms with E-state index in [1.54, 1.807) is 17.0 Å². The van der Waals surface area contributed by atoms with Crippen molar-refractivity contribution >= 4 is 28.9 Å². The zero-order chi connectivity index (χ0) is 19.3. The molecule has 6 heteroatoms. The number of carbonyl (C=O) groups is 2. The lowest BCUT2D eigenvalue weighted by Crippen LogP contribution is -2.23. The summed E-state index contributed by atoms with van der Waals surface area (Å²) in [4.78, 5) is 28.1. The lowest BCUT2D eigenvalue weighted by molar-refractivity contribution is -0.118. The number of hydrogen-bond acceptors (Lipinski definition) is 4. The van der Waals surface area contributed by atoms with Crippen LogP contribution in [0.5, 0.6) is 5.75 Å². The molecule has 2 aliphatic rings. The van der Waals surface area contributed by atoms with Crippen molar-refractivity contribution in [2.75, 3.05) is 41.4 Å². The van der Waals surface area contributed by atoms with E-state index >= 15 is 0 Å². The van der Waals surface area contributed by atoms with E-state index in [0.29, 0.717) is 12.2 Å². The van der Waals surface area contributed by atoms with E-state index in [1.807, 2.05) is 36.4 Å². The monoisotopic (exact) mass is 379 g/mol. The summed E-state index contributed by atoms with van der Waals surface area (Å²) in [6.07, 6.45) is 3.99. The molecule has 0 aromatic heterocycles. The predicted molar refractivity (Wildman–Crippen MR) is 110 cm³/mol. The minimum atomic E-state index is -0.201. The molecule has 0 aliphatic carbocycles. The molecule has 0 spiro atoms. The molecule has 146 valence electrons. The van der Waals surface area contributed by atoms with Crippen molar-refractivity contribution < 1.29 is 14.3 Å². The van der Waals surface area contributed by atoms with Crippen molar-refractivity contribution in [1.29, 1.82) is 0 Å². The second-order valence-electron chi connectivity index (χ2n) is 7.22. The third-order valence-electron chi connectivity index (χ3n) is 5.21. The average molecular weight is 379 g/mol. The fourth-order valence-electron chi connectivity index (χ4n) is 3.72. The second-order valence-corrected chi connectivity index (χ2v) is 7.22. The summed E-state index contributed by atoms with van der Waals surface area (Å²) in [6.45, 7) is 2.91. The molecule has 0 atom stereocenters. The zero-order valence-electron chi connectivity index (χ0n) is 15.9. The molecule has 0 bridgehead atoms. The number of nitrogens with zero attached hydrogens (tertiary/aromatic N) is 2. The molecule has 1 N–H and O–H groups in total. The molecule has 2 aliphatic heterocycles. The van der Waals surface area contributed by atoms with E-state index in [2.05, 4.69) is 10.2 Å². The van der Waals surface area contributed by atoms with Crippen molar-refractivity contribution in [2.24, 2.45) is 0 Å². The summed E-state index contributed by atoms with van der Waals surface area (Å²) < 4.78 is 5.57. The Kier molecular flexibility index (Phi) is 5.46. The number of anilines is 3. The number of benzene rings is 2. The van der Waals surface area contributed by atoms with Gasteiger partial charge in [0.05, 0.1) is 0 Å². The first-order valence-electron chi connectivity index (χ1n) is 9.87. The molecule has 2 fully saturated rings. The van der Waals surface area contributed by atoms with E-state index < -0.39 is 0 Å². The summed E-state index contributed by atoms with van der Waals surface area (Å²) in [7, 11) is 0. The predicted octanol–water partition coefficient (Wildman–Crippen LogP) is 3.43. The van der Waals surface area contributed by atoms with Gasteiger partial charge >= 0.3 is 0 Å². The summed E-state index contributed by atoms with van der Waals surface area (Å²) in [5.41, 5.74) is 2.83. The van der Waals surface area contributed by atoms with Crippen LogP contribution >= 0.6 is 0 Å². The third kappa shape index (κ3) is 4.27. The van der Waals surface area contributed by atoms with E-state index in [-0.39, 0.29) is 18.4 Å². The van der Waals surface area contributed by atoms with Crippen LogP contribution in [0, 0.1) is 0 Å². The normalized spacial score (nSPS) is 16.5. The van der Waals surface area contributed by atoms with Crippen LogP contribution < -0.4 is 19.9 Å². The zero-order valence-corrected chi connectivity index (χ0v) is 15.9. The minimum Gasteiger partial charge on any atom is -0.484 e. The van der Waals surface area contributed by atoms with Crippen LogP contribution in [0.1, 0.15) is 25.7 Å². The molecule has 2 aromatic carbocycles. The van der Waals surface area contributed by atoms with Crippen LogP contribution in [0.3, 0.4) is 0 Å². The smallest absolute Gasteiger partial charge is 0.262 e. The topological polar surface area (TPSA) is 61.9 Å². The highest BCUT2D eigenvalue weighted by molar-refractivity contribution is 5.95. The Morgan fingerprint density at radius 3 is 2.21 bits per heavy atom. The van der Waals surface area contributed by atoms with Crippen molar-refractivity contribution in [3.05, 3.63) is 48.5 Å². The molecule has 2 heterocycles. The molecule has 0 radical (unpaired) electrons. The Balaban J connectivity index is 1.26. The van der Waals surface area contributed by atoms with Crippen LogP contribution in [-0.2, 0) is 9.59 Å². The number of rotatable bonds is 6. The number of hydrogen-bond donors (Lipinski definition) is 1. The van der Waals surface area contributed by atoms with Gasteiger partial charge in [-0.3, -0.25) is 9.59 Å². The largest absolute Gasteiger partial charge is 0.484 e. The maximum absolute atomic E-state index is 12.1. The fraction of sp³-hybridized carbons (Fsp3) is 0.364. The van der Waals surface area contributed by atoms with Crippen molar-refractivity contribution in [3.8, 4) is 5.75 Å². The molecule has 4 rings (SSSR count). The quantitative estimate of drug-likeness (QED) is 0.835. The first kappa shape index (κ1) is 18.3. The van der Waals surface area contributed by atoms with Crippen LogP contribution in [0.25, 0.3) is 0 Å². The van der Waals surface area contributed by atoms with Gasteiger partial charge in [-0.25, -0.2) is 0 Å². The number of nitrogens with one attached hydrogen (secondary N) is 1. The van der Waals surface area contributed by atoms with Gasteiger partial charge in [0.2, 0.25) is 5.91 Å². The first-order valence-corrected chi connectivity index (χ1v) is 9.87. The lowest BCUT2D eigenvalue weighted by Gasteiger charge is -2.18. The highest BCUT2D eigenvalue weighted by atomic mass is 16.5. The Morgan fingerprint density at radius 1 is 0.893 bits per heavy atom. The maximum Gasteiger partial charge on any atom is 0.262 e. The first-order chi connectivity index (χ1) is 13.7. The summed E-state index contributed by atoms with van der Waals surface area (Å²) >= 11 is 0. The van der Waals surface area contributed by atoms with Crippen LogP contribution in [0.4, 0.5) is 17.1 Å². The van der Waals surface area contributed by atoms with Crippen LogP contribution in [0.15, 0.2) is 48.5 Å². The van der Waals surface area contributed by atoms with E-state index in [4.69, 9.17) is 4.74 Å². The summed E-state index contributed by atoms with van der Waals surface area (Å²) in [5.74, 6) is 0.562. The molecular formula is C22H25N3O3. The molecule has 2 aromatic rings. The molecule has 6 nitrogen and oxygen atoms in total. The fourth-order valence-corrected chi connectivity index (χ4v) is 3.72. The van der Waals surface area contributed by atoms with Crippen LogP contribution in [0.2, 0.25) is 0 Å². The van der Waals surface area contributed by atoms with Gasteiger partial charge in [0.25, 0.3) is 5.91 Å². The van der Waals surface area contributed by atoms with Gasteiger partial charge in [-0.15, -0.1) is 0 Å². The Labute approximate surface area is 165 Å². The van der Waals surface area contributed by atoms with Crippen molar-refractivity contribution in [1.82, 2.24) is 0 Å². The van der Waals surface area contributed by atoms with Gasteiger partial charge in [0, 0.05) is 43.1 Å². The Bertz CT molecular complexity index is 827. The van der Waals surface area contributed by atoms with Crippen molar-refractivity contribution in [3.63, 3.8) is 0 Å². The van der Waals surface area contributed by atoms with E-state index in [9.17, 15) is 9.59 Å². The molecule has 2 amide bonds. The van der Waals surface area contributed by atoms with Gasteiger partial charge < -0.3 is 19.9 Å². The Morgan fingerprint density at radius 2 is 1.57 bits per heavy atom. The lowest BCUT2D eigenvalue weighted by atomic mass is 10.2. The number of amides is 2. The van der Waals surface area contributed by atoms with E-state index in [0.717, 1.165) is 37.4 Å².